The second-order valence-electron chi connectivity index (χ2n) is 6.78. The molecular formula is C18H28N2O4. The molecule has 0 aromatic carbocycles. The average molecular weight is 336 g/mol. The van der Waals surface area contributed by atoms with E-state index in [1.807, 2.05) is 26.0 Å². The Morgan fingerprint density at radius 1 is 1.33 bits per heavy atom. The first-order valence-electron chi connectivity index (χ1n) is 8.63. The molecule has 1 saturated heterocycles. The second kappa shape index (κ2) is 8.87. The number of carbonyl (C=O) groups excluding carboxylic acids is 2. The van der Waals surface area contributed by atoms with Crippen molar-refractivity contribution in [2.24, 2.45) is 5.92 Å². The molecule has 1 unspecified atom stereocenters. The van der Waals surface area contributed by atoms with Gasteiger partial charge in [-0.3, -0.25) is 9.59 Å². The van der Waals surface area contributed by atoms with E-state index in [0.717, 1.165) is 25.2 Å². The zero-order valence-corrected chi connectivity index (χ0v) is 14.9. The van der Waals surface area contributed by atoms with Gasteiger partial charge in [0, 0.05) is 26.6 Å². The minimum atomic E-state index is -0.0767. The summed E-state index contributed by atoms with van der Waals surface area (Å²) in [5, 5.41) is 0. The van der Waals surface area contributed by atoms with Gasteiger partial charge < -0.3 is 19.0 Å². The van der Waals surface area contributed by atoms with Gasteiger partial charge in [0.05, 0.1) is 25.5 Å². The van der Waals surface area contributed by atoms with Crippen molar-refractivity contribution in [3.8, 4) is 0 Å². The third-order valence-corrected chi connectivity index (χ3v) is 4.08. The zero-order valence-electron chi connectivity index (χ0n) is 14.9. The normalized spacial score (nSPS) is 17.2. The van der Waals surface area contributed by atoms with Crippen LogP contribution in [-0.4, -0.2) is 54.0 Å². The van der Waals surface area contributed by atoms with Crippen LogP contribution in [0.15, 0.2) is 22.8 Å². The number of rotatable bonds is 8. The highest BCUT2D eigenvalue weighted by Gasteiger charge is 2.25. The fraction of sp³-hybridized carbons (Fsp3) is 0.667. The third kappa shape index (κ3) is 5.67. The molecule has 0 N–H and O–H groups in total. The van der Waals surface area contributed by atoms with Gasteiger partial charge in [-0.15, -0.1) is 0 Å². The zero-order chi connectivity index (χ0) is 17.5. The van der Waals surface area contributed by atoms with Crippen molar-refractivity contribution in [2.75, 3.05) is 26.2 Å². The number of furan rings is 1. The molecule has 24 heavy (non-hydrogen) atoms. The predicted molar refractivity (Wildman–Crippen MR) is 90.2 cm³/mol. The molecule has 2 amide bonds. The highest BCUT2D eigenvalue weighted by Crippen LogP contribution is 2.16. The summed E-state index contributed by atoms with van der Waals surface area (Å²) in [5.41, 5.74) is 0. The van der Waals surface area contributed by atoms with E-state index in [-0.39, 0.29) is 24.5 Å². The van der Waals surface area contributed by atoms with Crippen molar-refractivity contribution in [3.63, 3.8) is 0 Å². The first-order valence-corrected chi connectivity index (χ1v) is 8.63. The van der Waals surface area contributed by atoms with Crippen molar-refractivity contribution in [2.45, 2.75) is 46.3 Å². The number of amides is 2. The maximum Gasteiger partial charge on any atom is 0.242 e. The smallest absolute Gasteiger partial charge is 0.242 e. The van der Waals surface area contributed by atoms with Gasteiger partial charge in [0.15, 0.2) is 0 Å². The monoisotopic (exact) mass is 336 g/mol. The molecule has 1 aromatic heterocycles. The summed E-state index contributed by atoms with van der Waals surface area (Å²) in [6.45, 7) is 7.94. The Kier molecular flexibility index (Phi) is 6.85. The minimum absolute atomic E-state index is 0.0692. The maximum atomic E-state index is 12.8. The van der Waals surface area contributed by atoms with Gasteiger partial charge in [-0.25, -0.2) is 0 Å². The lowest BCUT2D eigenvalue weighted by Gasteiger charge is -2.29. The number of ether oxygens (including phenoxy) is 1. The Hall–Kier alpha value is -1.82. The van der Waals surface area contributed by atoms with Crippen LogP contribution >= 0.6 is 0 Å². The summed E-state index contributed by atoms with van der Waals surface area (Å²) in [5.74, 6) is 0.905. The first kappa shape index (κ1) is 18.5. The Labute approximate surface area is 143 Å². The van der Waals surface area contributed by atoms with Crippen LogP contribution in [0, 0.1) is 5.92 Å². The number of carbonyl (C=O) groups is 2. The summed E-state index contributed by atoms with van der Waals surface area (Å²) in [6, 6.07) is 3.66. The van der Waals surface area contributed by atoms with Gasteiger partial charge in [0.2, 0.25) is 11.8 Å². The standard InChI is InChI=1S/C18H28N2O4/c1-14(2)10-19(15(3)21)13-18(22)20(11-16-6-4-8-23-16)12-17-7-5-9-24-17/h4,6,8,14,17H,5,7,9-13H2,1-3H3. The Balaban J connectivity index is 2.02. The van der Waals surface area contributed by atoms with E-state index in [4.69, 9.17) is 9.15 Å². The number of nitrogens with zero attached hydrogens (tertiary/aromatic N) is 2. The van der Waals surface area contributed by atoms with Crippen LogP contribution in [0.2, 0.25) is 0 Å². The van der Waals surface area contributed by atoms with Crippen molar-refractivity contribution >= 4 is 11.8 Å². The van der Waals surface area contributed by atoms with Crippen LogP contribution in [0.5, 0.6) is 0 Å². The highest BCUT2D eigenvalue weighted by atomic mass is 16.5. The average Bonchev–Trinajstić information content (AvgIpc) is 3.18. The van der Waals surface area contributed by atoms with Gasteiger partial charge in [-0.2, -0.15) is 0 Å². The predicted octanol–water partition coefficient (Wildman–Crippen LogP) is 2.29. The lowest BCUT2D eigenvalue weighted by atomic mass is 10.2. The molecule has 0 spiro atoms. The van der Waals surface area contributed by atoms with Crippen LogP contribution < -0.4 is 0 Å². The van der Waals surface area contributed by atoms with Gasteiger partial charge in [0.25, 0.3) is 0 Å². The van der Waals surface area contributed by atoms with Crippen LogP contribution in [0.25, 0.3) is 0 Å². The fourth-order valence-electron chi connectivity index (χ4n) is 2.89. The lowest BCUT2D eigenvalue weighted by molar-refractivity contribution is -0.141. The van der Waals surface area contributed by atoms with Crippen molar-refractivity contribution < 1.29 is 18.7 Å². The molecule has 134 valence electrons. The lowest BCUT2D eigenvalue weighted by Crippen LogP contribution is -2.45. The highest BCUT2D eigenvalue weighted by molar-refractivity contribution is 5.83. The summed E-state index contributed by atoms with van der Waals surface area (Å²) in [6.07, 6.45) is 3.66. The van der Waals surface area contributed by atoms with Crippen molar-refractivity contribution in [1.29, 1.82) is 0 Å². The topological polar surface area (TPSA) is 63.0 Å². The van der Waals surface area contributed by atoms with Crippen molar-refractivity contribution in [3.05, 3.63) is 24.2 Å². The summed E-state index contributed by atoms with van der Waals surface area (Å²) in [4.78, 5) is 27.9. The minimum Gasteiger partial charge on any atom is -0.467 e. The van der Waals surface area contributed by atoms with Crippen LogP contribution in [0.1, 0.15) is 39.4 Å². The van der Waals surface area contributed by atoms with E-state index < -0.39 is 0 Å². The molecule has 2 heterocycles. The molecule has 1 aliphatic rings. The molecule has 6 heteroatoms. The van der Waals surface area contributed by atoms with E-state index in [1.54, 1.807) is 16.1 Å². The Morgan fingerprint density at radius 3 is 2.67 bits per heavy atom. The maximum absolute atomic E-state index is 12.8. The van der Waals surface area contributed by atoms with E-state index in [0.29, 0.717) is 25.6 Å². The Bertz CT molecular complexity index is 521. The molecule has 0 bridgehead atoms. The van der Waals surface area contributed by atoms with Gasteiger partial charge in [0.1, 0.15) is 5.76 Å². The summed E-state index contributed by atoms with van der Waals surface area (Å²) < 4.78 is 11.0. The molecule has 0 aliphatic carbocycles. The van der Waals surface area contributed by atoms with E-state index >= 15 is 0 Å². The molecule has 1 aromatic rings. The molecule has 2 rings (SSSR count). The number of hydrogen-bond donors (Lipinski definition) is 0. The van der Waals surface area contributed by atoms with Gasteiger partial charge >= 0.3 is 0 Å². The third-order valence-electron chi connectivity index (χ3n) is 4.08. The van der Waals surface area contributed by atoms with E-state index in [1.165, 1.54) is 6.92 Å². The van der Waals surface area contributed by atoms with Gasteiger partial charge in [-0.1, -0.05) is 13.8 Å². The van der Waals surface area contributed by atoms with Crippen LogP contribution in [0.3, 0.4) is 0 Å². The molecule has 1 aliphatic heterocycles. The fourth-order valence-corrected chi connectivity index (χ4v) is 2.89. The summed E-state index contributed by atoms with van der Waals surface area (Å²) in [7, 11) is 0. The quantitative estimate of drug-likeness (QED) is 0.731. The summed E-state index contributed by atoms with van der Waals surface area (Å²) >= 11 is 0. The van der Waals surface area contributed by atoms with Crippen LogP contribution in [-0.2, 0) is 20.9 Å². The number of hydrogen-bond acceptors (Lipinski definition) is 4. The van der Waals surface area contributed by atoms with E-state index in [2.05, 4.69) is 0 Å². The molecule has 1 fully saturated rings. The molecule has 0 saturated carbocycles. The van der Waals surface area contributed by atoms with Crippen molar-refractivity contribution in [1.82, 2.24) is 9.80 Å². The first-order chi connectivity index (χ1) is 11.5. The second-order valence-corrected chi connectivity index (χ2v) is 6.78. The molecular weight excluding hydrogens is 308 g/mol. The van der Waals surface area contributed by atoms with E-state index in [9.17, 15) is 9.59 Å². The largest absolute Gasteiger partial charge is 0.467 e. The molecule has 6 nitrogen and oxygen atoms in total. The molecule has 0 radical (unpaired) electrons. The molecule has 1 atom stereocenters. The van der Waals surface area contributed by atoms with Gasteiger partial charge in [-0.05, 0) is 30.9 Å². The van der Waals surface area contributed by atoms with Crippen LogP contribution in [0.4, 0.5) is 0 Å². The SMILES string of the molecule is CC(=O)N(CC(=O)N(Cc1ccco1)CC1CCCO1)CC(C)C. The Morgan fingerprint density at radius 2 is 2.12 bits per heavy atom.